The Morgan fingerprint density at radius 2 is 2.00 bits per heavy atom. The van der Waals surface area contributed by atoms with Crippen LogP contribution < -0.4 is 5.32 Å². The molecule has 0 aliphatic carbocycles. The Labute approximate surface area is 76.9 Å². The van der Waals surface area contributed by atoms with Gasteiger partial charge in [-0.05, 0) is 29.7 Å². The van der Waals surface area contributed by atoms with Crippen molar-refractivity contribution < 1.29 is 0 Å². The van der Waals surface area contributed by atoms with Gasteiger partial charge in [-0.25, -0.2) is 0 Å². The summed E-state index contributed by atoms with van der Waals surface area (Å²) in [7, 11) is 0. The fourth-order valence-corrected chi connectivity index (χ4v) is 2.89. The van der Waals surface area contributed by atoms with E-state index in [0.717, 1.165) is 5.92 Å². The van der Waals surface area contributed by atoms with E-state index in [-0.39, 0.29) is 0 Å². The fraction of sp³-hybridized carbons (Fsp3) is 1.00. The summed E-state index contributed by atoms with van der Waals surface area (Å²) in [6.45, 7) is 14.2. The molecule has 1 N–H and O–H groups in total. The van der Waals surface area contributed by atoms with Crippen LogP contribution in [0.3, 0.4) is 0 Å². The largest absolute Gasteiger partial charge is 0.316 e. The van der Waals surface area contributed by atoms with Crippen molar-refractivity contribution in [1.29, 1.82) is 0 Å². The maximum absolute atomic E-state index is 3.52. The van der Waals surface area contributed by atoms with Gasteiger partial charge in [0.2, 0.25) is 0 Å². The highest BCUT2D eigenvalue weighted by Crippen LogP contribution is 2.49. The molecule has 0 bridgehead atoms. The summed E-state index contributed by atoms with van der Waals surface area (Å²) in [5.41, 5.74) is 0.956. The molecule has 1 fully saturated rings. The van der Waals surface area contributed by atoms with Crippen LogP contribution in [0.2, 0.25) is 0 Å². The molecule has 1 heterocycles. The van der Waals surface area contributed by atoms with E-state index < -0.39 is 0 Å². The van der Waals surface area contributed by atoms with Gasteiger partial charge in [0.05, 0.1) is 0 Å². The lowest BCUT2D eigenvalue weighted by Crippen LogP contribution is -2.41. The van der Waals surface area contributed by atoms with E-state index in [0.29, 0.717) is 10.8 Å². The molecular weight excluding hydrogens is 146 g/mol. The molecule has 1 aliphatic heterocycles. The molecule has 72 valence electrons. The molecule has 0 spiro atoms. The van der Waals surface area contributed by atoms with E-state index >= 15 is 0 Å². The molecule has 2 atom stereocenters. The molecule has 0 aromatic heterocycles. The van der Waals surface area contributed by atoms with Crippen LogP contribution in [0.5, 0.6) is 0 Å². The second-order valence-electron chi connectivity index (χ2n) is 5.29. The first-order valence-electron chi connectivity index (χ1n) is 5.15. The molecule has 1 heteroatoms. The number of hydrogen-bond donors (Lipinski definition) is 1. The molecule has 1 rings (SSSR count). The first-order chi connectivity index (χ1) is 5.44. The highest BCUT2D eigenvalue weighted by Gasteiger charge is 2.47. The van der Waals surface area contributed by atoms with Crippen molar-refractivity contribution in [2.45, 2.75) is 41.0 Å². The van der Waals surface area contributed by atoms with Gasteiger partial charge in [-0.3, -0.25) is 0 Å². The lowest BCUT2D eigenvalue weighted by atomic mass is 9.60. The molecule has 1 aliphatic rings. The first-order valence-corrected chi connectivity index (χ1v) is 5.15. The van der Waals surface area contributed by atoms with E-state index in [1.807, 2.05) is 0 Å². The summed E-state index contributed by atoms with van der Waals surface area (Å²) in [6, 6.07) is 0. The lowest BCUT2D eigenvalue weighted by Gasteiger charge is -2.44. The van der Waals surface area contributed by atoms with Gasteiger partial charge in [-0.2, -0.15) is 0 Å². The molecule has 0 radical (unpaired) electrons. The van der Waals surface area contributed by atoms with Crippen LogP contribution in [0.15, 0.2) is 0 Å². The van der Waals surface area contributed by atoms with E-state index in [1.54, 1.807) is 0 Å². The van der Waals surface area contributed by atoms with Crippen LogP contribution >= 0.6 is 0 Å². The molecule has 0 aromatic carbocycles. The number of nitrogens with one attached hydrogen (secondary N) is 1. The molecule has 1 saturated heterocycles. The van der Waals surface area contributed by atoms with Crippen molar-refractivity contribution in [2.24, 2.45) is 16.7 Å². The summed E-state index contributed by atoms with van der Waals surface area (Å²) < 4.78 is 0. The third kappa shape index (κ3) is 1.28. The zero-order valence-electron chi connectivity index (χ0n) is 9.20. The van der Waals surface area contributed by atoms with Crippen LogP contribution in [-0.2, 0) is 0 Å². The van der Waals surface area contributed by atoms with Crippen LogP contribution in [0.25, 0.3) is 0 Å². The van der Waals surface area contributed by atoms with Crippen LogP contribution in [0, 0.1) is 16.7 Å². The number of rotatable bonds is 1. The fourth-order valence-electron chi connectivity index (χ4n) is 2.89. The summed E-state index contributed by atoms with van der Waals surface area (Å²) in [6.07, 6.45) is 1.30. The van der Waals surface area contributed by atoms with Crippen molar-refractivity contribution in [1.82, 2.24) is 5.32 Å². The summed E-state index contributed by atoms with van der Waals surface area (Å²) in [5.74, 6) is 0.822. The highest BCUT2D eigenvalue weighted by atomic mass is 14.9. The van der Waals surface area contributed by atoms with Crippen molar-refractivity contribution in [3.63, 3.8) is 0 Å². The van der Waals surface area contributed by atoms with Gasteiger partial charge in [0.15, 0.2) is 0 Å². The van der Waals surface area contributed by atoms with Gasteiger partial charge in [-0.15, -0.1) is 0 Å². The minimum absolute atomic E-state index is 0.435. The molecule has 0 aromatic rings. The standard InChI is InChI=1S/C11H23N/c1-6-11(10(3,4)5)8-12-7-9(11)2/h9,12H,6-8H2,1-5H3. The zero-order valence-corrected chi connectivity index (χ0v) is 9.20. The molecule has 0 saturated carbocycles. The Bertz CT molecular complexity index is 157. The van der Waals surface area contributed by atoms with Crippen LogP contribution in [0.4, 0.5) is 0 Å². The third-order valence-corrected chi connectivity index (χ3v) is 3.96. The molecular formula is C11H23N. The highest BCUT2D eigenvalue weighted by molar-refractivity contribution is 4.99. The zero-order chi connectivity index (χ0) is 9.41. The Morgan fingerprint density at radius 1 is 1.42 bits per heavy atom. The summed E-state index contributed by atoms with van der Waals surface area (Å²) >= 11 is 0. The van der Waals surface area contributed by atoms with Crippen LogP contribution in [-0.4, -0.2) is 13.1 Å². The van der Waals surface area contributed by atoms with Gasteiger partial charge in [0, 0.05) is 6.54 Å². The topological polar surface area (TPSA) is 12.0 Å². The SMILES string of the molecule is CCC1(C(C)(C)C)CNCC1C. The van der Waals surface area contributed by atoms with Gasteiger partial charge in [-0.1, -0.05) is 34.6 Å². The predicted molar refractivity (Wildman–Crippen MR) is 54.2 cm³/mol. The lowest BCUT2D eigenvalue weighted by molar-refractivity contribution is 0.0594. The van der Waals surface area contributed by atoms with Crippen molar-refractivity contribution in [2.75, 3.05) is 13.1 Å². The van der Waals surface area contributed by atoms with Crippen molar-refractivity contribution in [3.05, 3.63) is 0 Å². The normalized spacial score (nSPS) is 37.2. The summed E-state index contributed by atoms with van der Waals surface area (Å²) in [5, 5.41) is 3.52. The maximum atomic E-state index is 3.52. The smallest absolute Gasteiger partial charge is 0.00159 e. The predicted octanol–water partition coefficient (Wildman–Crippen LogP) is 2.67. The van der Waals surface area contributed by atoms with E-state index in [4.69, 9.17) is 0 Å². The van der Waals surface area contributed by atoms with Crippen molar-refractivity contribution in [3.8, 4) is 0 Å². The van der Waals surface area contributed by atoms with Gasteiger partial charge in [0.1, 0.15) is 0 Å². The minimum atomic E-state index is 0.435. The Balaban J connectivity index is 2.89. The minimum Gasteiger partial charge on any atom is -0.316 e. The van der Waals surface area contributed by atoms with Gasteiger partial charge < -0.3 is 5.32 Å². The molecule has 12 heavy (non-hydrogen) atoms. The van der Waals surface area contributed by atoms with E-state index in [9.17, 15) is 0 Å². The Kier molecular flexibility index (Phi) is 2.53. The van der Waals surface area contributed by atoms with Crippen molar-refractivity contribution >= 4 is 0 Å². The third-order valence-electron chi connectivity index (χ3n) is 3.96. The second kappa shape index (κ2) is 3.02. The monoisotopic (exact) mass is 169 g/mol. The van der Waals surface area contributed by atoms with Gasteiger partial charge in [0.25, 0.3) is 0 Å². The second-order valence-corrected chi connectivity index (χ2v) is 5.29. The molecule has 0 amide bonds. The molecule has 2 unspecified atom stereocenters. The Hall–Kier alpha value is -0.0400. The van der Waals surface area contributed by atoms with Gasteiger partial charge >= 0.3 is 0 Å². The average Bonchev–Trinajstić information content (AvgIpc) is 2.30. The quantitative estimate of drug-likeness (QED) is 0.636. The molecule has 1 nitrogen and oxygen atoms in total. The summed E-state index contributed by atoms with van der Waals surface area (Å²) in [4.78, 5) is 0. The average molecular weight is 169 g/mol. The van der Waals surface area contributed by atoms with Crippen LogP contribution in [0.1, 0.15) is 41.0 Å². The van der Waals surface area contributed by atoms with E-state index in [2.05, 4.69) is 39.9 Å². The number of hydrogen-bond acceptors (Lipinski definition) is 1. The maximum Gasteiger partial charge on any atom is 0.00159 e. The van der Waals surface area contributed by atoms with E-state index in [1.165, 1.54) is 19.5 Å². The first kappa shape index (κ1) is 10.0. The Morgan fingerprint density at radius 3 is 2.17 bits per heavy atom.